The molecule has 1 aliphatic carbocycles. The monoisotopic (exact) mass is 310 g/mol. The van der Waals surface area contributed by atoms with Crippen molar-refractivity contribution in [2.75, 3.05) is 7.05 Å². The number of benzene rings is 1. The van der Waals surface area contributed by atoms with Gasteiger partial charge < -0.3 is 14.2 Å². The highest BCUT2D eigenvalue weighted by Gasteiger charge is 2.52. The summed E-state index contributed by atoms with van der Waals surface area (Å²) in [6, 6.07) is 11.1. The summed E-state index contributed by atoms with van der Waals surface area (Å²) in [5.41, 5.74) is 1.02. The maximum absolute atomic E-state index is 12.7. The third kappa shape index (κ3) is 2.23. The number of pyridine rings is 1. The zero-order valence-corrected chi connectivity index (χ0v) is 13.0. The van der Waals surface area contributed by atoms with Gasteiger partial charge in [0.2, 0.25) is 5.43 Å². The quantitative estimate of drug-likeness (QED) is 0.872. The van der Waals surface area contributed by atoms with E-state index in [9.17, 15) is 9.59 Å². The average molecular weight is 310 g/mol. The second-order valence-corrected chi connectivity index (χ2v) is 6.35. The number of carbonyl (C=O) groups excluding carboxylic acids is 1. The Hall–Kier alpha value is -2.56. The first kappa shape index (κ1) is 14.1. The lowest BCUT2D eigenvalue weighted by Gasteiger charge is -2.36. The zero-order valence-electron chi connectivity index (χ0n) is 13.0. The molecule has 0 unspecified atom stereocenters. The first-order valence-corrected chi connectivity index (χ1v) is 7.79. The number of nitrogens with zero attached hydrogens (tertiary/aromatic N) is 2. The molecule has 1 aromatic carbocycles. The van der Waals surface area contributed by atoms with Gasteiger partial charge in [0.05, 0.1) is 5.54 Å². The van der Waals surface area contributed by atoms with Crippen molar-refractivity contribution in [1.29, 1.82) is 0 Å². The van der Waals surface area contributed by atoms with Crippen LogP contribution in [0.1, 0.15) is 28.9 Å². The minimum absolute atomic E-state index is 0.0597. The maximum Gasteiger partial charge on any atom is 0.274 e. The predicted octanol–water partition coefficient (Wildman–Crippen LogP) is 2.05. The molecule has 0 atom stereocenters. The highest BCUT2D eigenvalue weighted by Crippen LogP contribution is 2.46. The number of hydrogen-bond donors (Lipinski definition) is 0. The van der Waals surface area contributed by atoms with E-state index in [1.807, 2.05) is 41.9 Å². The first-order valence-electron chi connectivity index (χ1n) is 7.79. The molecule has 1 aromatic heterocycles. The fourth-order valence-electron chi connectivity index (χ4n) is 3.21. The molecular weight excluding hydrogens is 292 g/mol. The molecule has 1 fully saturated rings. The largest absolute Gasteiger partial charge is 0.483 e. The molecule has 118 valence electrons. The lowest BCUT2D eigenvalue weighted by Crippen LogP contribution is -2.48. The second kappa shape index (κ2) is 4.98. The number of hydrogen-bond acceptors (Lipinski definition) is 3. The summed E-state index contributed by atoms with van der Waals surface area (Å²) in [6.07, 6.45) is 3.74. The van der Waals surface area contributed by atoms with E-state index < -0.39 is 0 Å². The van der Waals surface area contributed by atoms with Gasteiger partial charge in [-0.05, 0) is 18.4 Å². The Morgan fingerprint density at radius 3 is 2.57 bits per heavy atom. The van der Waals surface area contributed by atoms with Gasteiger partial charge >= 0.3 is 0 Å². The van der Waals surface area contributed by atoms with Crippen molar-refractivity contribution in [3.05, 3.63) is 64.1 Å². The van der Waals surface area contributed by atoms with E-state index in [0.29, 0.717) is 5.69 Å². The first-order chi connectivity index (χ1) is 11.1. The molecule has 4 rings (SSSR count). The number of carbonyl (C=O) groups is 1. The van der Waals surface area contributed by atoms with Crippen LogP contribution in [0, 0.1) is 0 Å². The lowest BCUT2D eigenvalue weighted by molar-refractivity contribution is 0.0611. The van der Waals surface area contributed by atoms with Crippen LogP contribution in [-0.2, 0) is 13.2 Å². The van der Waals surface area contributed by atoms with Crippen molar-refractivity contribution in [2.45, 2.75) is 31.5 Å². The van der Waals surface area contributed by atoms with Crippen LogP contribution in [0.3, 0.4) is 0 Å². The summed E-state index contributed by atoms with van der Waals surface area (Å²) in [5, 5.41) is 0. The van der Waals surface area contributed by atoms with Crippen LogP contribution in [0.25, 0.3) is 0 Å². The highest BCUT2D eigenvalue weighted by atomic mass is 16.5. The number of rotatable bonds is 3. The van der Waals surface area contributed by atoms with Crippen LogP contribution < -0.4 is 10.2 Å². The van der Waals surface area contributed by atoms with Gasteiger partial charge in [0, 0.05) is 25.9 Å². The average Bonchev–Trinajstić information content (AvgIpc) is 3.34. The molecule has 0 bridgehead atoms. The lowest BCUT2D eigenvalue weighted by atomic mass is 10.1. The fraction of sp³-hybridized carbons (Fsp3) is 0.333. The smallest absolute Gasteiger partial charge is 0.274 e. The van der Waals surface area contributed by atoms with Crippen molar-refractivity contribution in [2.24, 2.45) is 0 Å². The van der Waals surface area contributed by atoms with Crippen molar-refractivity contribution < 1.29 is 9.53 Å². The Labute approximate surface area is 134 Å². The van der Waals surface area contributed by atoms with Crippen LogP contribution in [0.5, 0.6) is 5.75 Å². The Bertz CT molecular complexity index is 822. The maximum atomic E-state index is 12.7. The van der Waals surface area contributed by atoms with E-state index in [0.717, 1.165) is 24.9 Å². The van der Waals surface area contributed by atoms with E-state index in [4.69, 9.17) is 4.74 Å². The molecule has 1 amide bonds. The van der Waals surface area contributed by atoms with Crippen molar-refractivity contribution in [3.63, 3.8) is 0 Å². The summed E-state index contributed by atoms with van der Waals surface area (Å²) in [6.45, 7) is 1.00. The molecule has 5 nitrogen and oxygen atoms in total. The van der Waals surface area contributed by atoms with Gasteiger partial charge in [0.1, 0.15) is 6.61 Å². The standard InChI is InChI=1S/C18H18N2O3/c1-19-17(22)15-16(23-11-13-5-3-2-4-6-13)14(21)7-10-20(15)12-18(19)8-9-18/h2-7,10H,8-9,11-12H2,1H3. The van der Waals surface area contributed by atoms with Crippen molar-refractivity contribution >= 4 is 5.91 Å². The molecule has 0 saturated heterocycles. The van der Waals surface area contributed by atoms with E-state index in [-0.39, 0.29) is 29.2 Å². The van der Waals surface area contributed by atoms with Crippen LogP contribution in [0.4, 0.5) is 0 Å². The van der Waals surface area contributed by atoms with E-state index >= 15 is 0 Å². The highest BCUT2D eigenvalue weighted by molar-refractivity contribution is 5.96. The molecule has 5 heteroatoms. The number of fused-ring (bicyclic) bond motifs is 1. The minimum Gasteiger partial charge on any atom is -0.483 e. The SMILES string of the molecule is CN1C(=O)c2c(OCc3ccccc3)c(=O)ccn2CC12CC2. The summed E-state index contributed by atoms with van der Waals surface area (Å²) >= 11 is 0. The summed E-state index contributed by atoms with van der Waals surface area (Å²) in [4.78, 5) is 26.8. The summed E-state index contributed by atoms with van der Waals surface area (Å²) in [5.74, 6) is 0.0261. The van der Waals surface area contributed by atoms with E-state index in [1.54, 1.807) is 11.1 Å². The van der Waals surface area contributed by atoms with Gasteiger partial charge in [-0.25, -0.2) is 0 Å². The molecule has 1 saturated carbocycles. The molecule has 23 heavy (non-hydrogen) atoms. The molecule has 2 heterocycles. The molecular formula is C18H18N2O3. The van der Waals surface area contributed by atoms with Crippen molar-refractivity contribution in [1.82, 2.24) is 9.47 Å². The zero-order chi connectivity index (χ0) is 16.0. The van der Waals surface area contributed by atoms with Gasteiger partial charge in [0.15, 0.2) is 11.4 Å². The Balaban J connectivity index is 1.70. The van der Waals surface area contributed by atoms with Gasteiger partial charge in [0.25, 0.3) is 5.91 Å². The van der Waals surface area contributed by atoms with Gasteiger partial charge in [-0.3, -0.25) is 9.59 Å². The third-order valence-corrected chi connectivity index (χ3v) is 4.87. The second-order valence-electron chi connectivity index (χ2n) is 6.35. The van der Waals surface area contributed by atoms with E-state index in [2.05, 4.69) is 0 Å². The molecule has 2 aliphatic rings. The normalized spacial score (nSPS) is 18.0. The summed E-state index contributed by atoms with van der Waals surface area (Å²) < 4.78 is 7.62. The Kier molecular flexibility index (Phi) is 3.04. The molecule has 1 spiro atoms. The number of amides is 1. The molecule has 0 N–H and O–H groups in total. The Morgan fingerprint density at radius 2 is 1.87 bits per heavy atom. The molecule has 1 aliphatic heterocycles. The van der Waals surface area contributed by atoms with Crippen LogP contribution in [0.2, 0.25) is 0 Å². The molecule has 0 radical (unpaired) electrons. The molecule has 2 aromatic rings. The van der Waals surface area contributed by atoms with Crippen LogP contribution >= 0.6 is 0 Å². The van der Waals surface area contributed by atoms with Crippen LogP contribution in [-0.4, -0.2) is 28.0 Å². The van der Waals surface area contributed by atoms with Gasteiger partial charge in [-0.1, -0.05) is 30.3 Å². The predicted molar refractivity (Wildman–Crippen MR) is 85.5 cm³/mol. The summed E-state index contributed by atoms with van der Waals surface area (Å²) in [7, 11) is 1.82. The number of likely N-dealkylation sites (N-methyl/N-ethyl adjacent to an activating group) is 1. The van der Waals surface area contributed by atoms with Crippen LogP contribution in [0.15, 0.2) is 47.4 Å². The minimum atomic E-state index is -0.249. The third-order valence-electron chi connectivity index (χ3n) is 4.87. The number of aromatic nitrogens is 1. The Morgan fingerprint density at radius 1 is 1.13 bits per heavy atom. The fourth-order valence-corrected chi connectivity index (χ4v) is 3.21. The van der Waals surface area contributed by atoms with Gasteiger partial charge in [-0.2, -0.15) is 0 Å². The topological polar surface area (TPSA) is 51.5 Å². The van der Waals surface area contributed by atoms with Gasteiger partial charge in [-0.15, -0.1) is 0 Å². The number of ether oxygens (including phenoxy) is 1. The van der Waals surface area contributed by atoms with E-state index in [1.165, 1.54) is 6.07 Å². The van der Waals surface area contributed by atoms with Crippen molar-refractivity contribution in [3.8, 4) is 5.75 Å².